The third-order valence-electron chi connectivity index (χ3n) is 3.42. The highest BCUT2D eigenvalue weighted by atomic mass is 15.2. The molecule has 0 aromatic heterocycles. The molecule has 16 heavy (non-hydrogen) atoms. The van der Waals surface area contributed by atoms with E-state index in [1.165, 1.54) is 37.1 Å². The number of para-hydroxylation sites is 1. The molecule has 0 fully saturated rings. The highest BCUT2D eigenvalue weighted by Gasteiger charge is 2.24. The van der Waals surface area contributed by atoms with Crippen LogP contribution in [0.15, 0.2) is 24.3 Å². The van der Waals surface area contributed by atoms with Crippen molar-refractivity contribution >= 4 is 5.69 Å². The zero-order valence-corrected chi connectivity index (χ0v) is 10.4. The molecule has 1 aliphatic heterocycles. The molecule has 88 valence electrons. The van der Waals surface area contributed by atoms with Crippen molar-refractivity contribution in [3.8, 4) is 0 Å². The first kappa shape index (κ1) is 11.5. The van der Waals surface area contributed by atoms with E-state index < -0.39 is 0 Å². The molecule has 0 saturated carbocycles. The standard InChI is InChI=1S/C14H22N2/c1-12-11-13-7-3-4-8-14(13)16(12)10-6-5-9-15-2/h3-4,7-8,12,15H,5-6,9-11H2,1-2H3. The van der Waals surface area contributed by atoms with Crippen LogP contribution in [0.5, 0.6) is 0 Å². The third-order valence-corrected chi connectivity index (χ3v) is 3.42. The minimum Gasteiger partial charge on any atom is -0.368 e. The van der Waals surface area contributed by atoms with E-state index in [1.807, 2.05) is 7.05 Å². The lowest BCUT2D eigenvalue weighted by Gasteiger charge is -2.24. The maximum Gasteiger partial charge on any atom is 0.0402 e. The summed E-state index contributed by atoms with van der Waals surface area (Å²) in [5.41, 5.74) is 2.98. The van der Waals surface area contributed by atoms with Gasteiger partial charge in [0.15, 0.2) is 0 Å². The van der Waals surface area contributed by atoms with Crippen molar-refractivity contribution in [1.82, 2.24) is 5.32 Å². The number of benzene rings is 1. The Hall–Kier alpha value is -1.02. The molecule has 1 heterocycles. The number of nitrogens with zero attached hydrogens (tertiary/aromatic N) is 1. The van der Waals surface area contributed by atoms with Gasteiger partial charge in [0, 0.05) is 18.3 Å². The Balaban J connectivity index is 1.94. The number of rotatable bonds is 5. The van der Waals surface area contributed by atoms with Gasteiger partial charge in [0.05, 0.1) is 0 Å². The number of hydrogen-bond acceptors (Lipinski definition) is 2. The van der Waals surface area contributed by atoms with Gasteiger partial charge in [-0.3, -0.25) is 0 Å². The fraction of sp³-hybridized carbons (Fsp3) is 0.571. The first-order chi connectivity index (χ1) is 7.83. The van der Waals surface area contributed by atoms with Crippen molar-refractivity contribution in [2.24, 2.45) is 0 Å². The lowest BCUT2D eigenvalue weighted by atomic mass is 10.1. The quantitative estimate of drug-likeness (QED) is 0.764. The lowest BCUT2D eigenvalue weighted by molar-refractivity contribution is 0.613. The minimum atomic E-state index is 0.673. The van der Waals surface area contributed by atoms with Crippen LogP contribution in [0.4, 0.5) is 5.69 Å². The van der Waals surface area contributed by atoms with E-state index in [1.54, 1.807) is 0 Å². The van der Waals surface area contributed by atoms with Gasteiger partial charge in [-0.2, -0.15) is 0 Å². The Morgan fingerprint density at radius 1 is 1.31 bits per heavy atom. The third kappa shape index (κ3) is 2.38. The molecule has 1 aromatic carbocycles. The Morgan fingerprint density at radius 3 is 2.94 bits per heavy atom. The Labute approximate surface area is 98.7 Å². The van der Waals surface area contributed by atoms with Gasteiger partial charge in [-0.1, -0.05) is 18.2 Å². The van der Waals surface area contributed by atoms with Gasteiger partial charge in [0.25, 0.3) is 0 Å². The second kappa shape index (κ2) is 5.35. The first-order valence-corrected chi connectivity index (χ1v) is 6.32. The summed E-state index contributed by atoms with van der Waals surface area (Å²) in [4.78, 5) is 2.56. The van der Waals surface area contributed by atoms with Crippen molar-refractivity contribution in [3.05, 3.63) is 29.8 Å². The van der Waals surface area contributed by atoms with Gasteiger partial charge in [0.2, 0.25) is 0 Å². The first-order valence-electron chi connectivity index (χ1n) is 6.32. The molecule has 0 spiro atoms. The molecule has 1 unspecified atom stereocenters. The largest absolute Gasteiger partial charge is 0.368 e. The number of hydrogen-bond donors (Lipinski definition) is 1. The zero-order chi connectivity index (χ0) is 11.4. The minimum absolute atomic E-state index is 0.673. The molecule has 2 rings (SSSR count). The maximum absolute atomic E-state index is 3.20. The van der Waals surface area contributed by atoms with Gasteiger partial charge in [0.1, 0.15) is 0 Å². The van der Waals surface area contributed by atoms with Crippen LogP contribution < -0.4 is 10.2 Å². The van der Waals surface area contributed by atoms with Crippen LogP contribution in [0.25, 0.3) is 0 Å². The molecule has 0 bridgehead atoms. The zero-order valence-electron chi connectivity index (χ0n) is 10.4. The fourth-order valence-corrected chi connectivity index (χ4v) is 2.55. The Morgan fingerprint density at radius 2 is 2.12 bits per heavy atom. The molecule has 1 aliphatic rings. The predicted molar refractivity (Wildman–Crippen MR) is 70.1 cm³/mol. The summed E-state index contributed by atoms with van der Waals surface area (Å²) in [7, 11) is 2.02. The second-order valence-corrected chi connectivity index (χ2v) is 4.69. The topological polar surface area (TPSA) is 15.3 Å². The summed E-state index contributed by atoms with van der Waals surface area (Å²) in [5, 5.41) is 3.20. The number of fused-ring (bicyclic) bond motifs is 1. The molecule has 1 atom stereocenters. The fourth-order valence-electron chi connectivity index (χ4n) is 2.55. The highest BCUT2D eigenvalue weighted by Crippen LogP contribution is 2.31. The van der Waals surface area contributed by atoms with Crippen LogP contribution in [0.1, 0.15) is 25.3 Å². The smallest absolute Gasteiger partial charge is 0.0402 e. The van der Waals surface area contributed by atoms with E-state index in [2.05, 4.69) is 41.4 Å². The Bertz CT molecular complexity index is 335. The average molecular weight is 218 g/mol. The number of anilines is 1. The summed E-state index contributed by atoms with van der Waals surface area (Å²) in [6, 6.07) is 9.50. The van der Waals surface area contributed by atoms with E-state index >= 15 is 0 Å². The van der Waals surface area contributed by atoms with E-state index in [-0.39, 0.29) is 0 Å². The van der Waals surface area contributed by atoms with Crippen LogP contribution in [0, 0.1) is 0 Å². The maximum atomic E-state index is 3.20. The molecule has 0 saturated heterocycles. The van der Waals surface area contributed by atoms with Gasteiger partial charge in [-0.05, 0) is 51.4 Å². The van der Waals surface area contributed by atoms with Gasteiger partial charge in [-0.25, -0.2) is 0 Å². The van der Waals surface area contributed by atoms with Gasteiger partial charge >= 0.3 is 0 Å². The van der Waals surface area contributed by atoms with Crippen LogP contribution in [-0.4, -0.2) is 26.2 Å². The molecule has 2 heteroatoms. The monoisotopic (exact) mass is 218 g/mol. The summed E-state index contributed by atoms with van der Waals surface area (Å²) in [6.07, 6.45) is 3.75. The van der Waals surface area contributed by atoms with Crippen LogP contribution in [0.2, 0.25) is 0 Å². The average Bonchev–Trinajstić information content (AvgIpc) is 2.61. The van der Waals surface area contributed by atoms with Crippen molar-refractivity contribution in [2.45, 2.75) is 32.2 Å². The predicted octanol–water partition coefficient (Wildman–Crippen LogP) is 2.44. The summed E-state index contributed by atoms with van der Waals surface area (Å²) >= 11 is 0. The molecule has 0 radical (unpaired) electrons. The number of nitrogens with one attached hydrogen (secondary N) is 1. The van der Waals surface area contributed by atoms with Crippen LogP contribution in [-0.2, 0) is 6.42 Å². The summed E-state index contributed by atoms with van der Waals surface area (Å²) < 4.78 is 0. The summed E-state index contributed by atoms with van der Waals surface area (Å²) in [5.74, 6) is 0. The molecule has 0 amide bonds. The molecule has 1 aromatic rings. The number of unbranched alkanes of at least 4 members (excludes halogenated alkanes) is 1. The summed E-state index contributed by atoms with van der Waals surface area (Å²) in [6.45, 7) is 4.65. The normalized spacial score (nSPS) is 18.9. The SMILES string of the molecule is CNCCCCN1c2ccccc2CC1C. The molecule has 1 N–H and O–H groups in total. The van der Waals surface area contributed by atoms with Crippen molar-refractivity contribution < 1.29 is 0 Å². The van der Waals surface area contributed by atoms with Crippen LogP contribution >= 0.6 is 0 Å². The van der Waals surface area contributed by atoms with Gasteiger partial charge in [-0.15, -0.1) is 0 Å². The van der Waals surface area contributed by atoms with Crippen LogP contribution in [0.3, 0.4) is 0 Å². The van der Waals surface area contributed by atoms with Gasteiger partial charge < -0.3 is 10.2 Å². The van der Waals surface area contributed by atoms with E-state index in [0.29, 0.717) is 6.04 Å². The molecular formula is C14H22N2. The molecule has 2 nitrogen and oxygen atoms in total. The van der Waals surface area contributed by atoms with E-state index in [9.17, 15) is 0 Å². The molecular weight excluding hydrogens is 196 g/mol. The molecule has 0 aliphatic carbocycles. The van der Waals surface area contributed by atoms with Crippen molar-refractivity contribution in [3.63, 3.8) is 0 Å². The van der Waals surface area contributed by atoms with E-state index in [4.69, 9.17) is 0 Å². The van der Waals surface area contributed by atoms with Crippen molar-refractivity contribution in [1.29, 1.82) is 0 Å². The second-order valence-electron chi connectivity index (χ2n) is 4.69. The Kier molecular flexibility index (Phi) is 3.83. The van der Waals surface area contributed by atoms with Crippen molar-refractivity contribution in [2.75, 3.05) is 25.0 Å². The van der Waals surface area contributed by atoms with E-state index in [0.717, 1.165) is 6.54 Å². The lowest BCUT2D eigenvalue weighted by Crippen LogP contribution is -2.30. The highest BCUT2D eigenvalue weighted by molar-refractivity contribution is 5.59.